The van der Waals surface area contributed by atoms with Crippen LogP contribution in [0.25, 0.3) is 11.3 Å². The van der Waals surface area contributed by atoms with Gasteiger partial charge in [0.15, 0.2) is 11.5 Å². The van der Waals surface area contributed by atoms with E-state index in [2.05, 4.69) is 39.4 Å². The molecule has 0 aliphatic rings. The van der Waals surface area contributed by atoms with Crippen LogP contribution in [-0.4, -0.2) is 35.2 Å². The number of methoxy groups -OCH3 is 2. The molecule has 0 fully saturated rings. The summed E-state index contributed by atoms with van der Waals surface area (Å²) >= 11 is 0. The number of hydrogen-bond donors (Lipinski definition) is 2. The fraction of sp³-hybridized carbons (Fsp3) is 0.286. The number of nitrogens with one attached hydrogen (secondary N) is 2. The maximum Gasteiger partial charge on any atom is 0.225 e. The Morgan fingerprint density at radius 2 is 1.71 bits per heavy atom. The van der Waals surface area contributed by atoms with Crippen molar-refractivity contribution in [3.8, 4) is 22.8 Å². The average Bonchev–Trinajstić information content (AvgIpc) is 2.74. The highest BCUT2D eigenvalue weighted by atomic mass is 16.5. The summed E-state index contributed by atoms with van der Waals surface area (Å²) in [6.45, 7) is 4.22. The van der Waals surface area contributed by atoms with E-state index in [0.717, 1.165) is 23.4 Å². The molecule has 0 aliphatic carbocycles. The van der Waals surface area contributed by atoms with Crippen LogP contribution in [0.15, 0.2) is 48.8 Å². The van der Waals surface area contributed by atoms with Crippen LogP contribution in [0, 0.1) is 0 Å². The highest BCUT2D eigenvalue weighted by Crippen LogP contribution is 2.31. The van der Waals surface area contributed by atoms with E-state index < -0.39 is 0 Å². The summed E-state index contributed by atoms with van der Waals surface area (Å²) in [6, 6.07) is 11.7. The zero-order valence-electron chi connectivity index (χ0n) is 16.6. The van der Waals surface area contributed by atoms with Gasteiger partial charge in [-0.05, 0) is 37.6 Å². The van der Waals surface area contributed by atoms with Gasteiger partial charge in [0, 0.05) is 41.8 Å². The highest BCUT2D eigenvalue weighted by molar-refractivity contribution is 5.68. The van der Waals surface area contributed by atoms with Crippen molar-refractivity contribution < 1.29 is 9.47 Å². The van der Waals surface area contributed by atoms with Crippen LogP contribution < -0.4 is 20.1 Å². The summed E-state index contributed by atoms with van der Waals surface area (Å²) in [5.74, 6) is 2.58. The topological polar surface area (TPSA) is 81.2 Å². The first-order chi connectivity index (χ1) is 13.6. The molecule has 0 spiro atoms. The van der Waals surface area contributed by atoms with Gasteiger partial charge in [0.1, 0.15) is 5.82 Å². The van der Waals surface area contributed by atoms with E-state index in [1.54, 1.807) is 26.6 Å². The molecule has 1 atom stereocenters. The predicted octanol–water partition coefficient (Wildman–Crippen LogP) is 4.51. The summed E-state index contributed by atoms with van der Waals surface area (Å²) in [5.41, 5.74) is 2.62. The van der Waals surface area contributed by atoms with E-state index in [4.69, 9.17) is 9.47 Å². The number of benzene rings is 1. The van der Waals surface area contributed by atoms with Crippen molar-refractivity contribution in [1.82, 2.24) is 15.0 Å². The number of pyridine rings is 1. The SMILES string of the molecule is CC[C@@H](C)Nc1nc(Nc2ccc(OC)c(OC)c2)cc(-c2ccncc2)n1. The van der Waals surface area contributed by atoms with Gasteiger partial charge in [-0.1, -0.05) is 6.92 Å². The van der Waals surface area contributed by atoms with Crippen molar-refractivity contribution in [3.63, 3.8) is 0 Å². The largest absolute Gasteiger partial charge is 0.493 e. The molecule has 0 unspecified atom stereocenters. The molecule has 7 nitrogen and oxygen atoms in total. The Morgan fingerprint density at radius 1 is 0.964 bits per heavy atom. The molecule has 2 N–H and O–H groups in total. The molecule has 7 heteroatoms. The molecule has 1 aromatic carbocycles. The van der Waals surface area contributed by atoms with Gasteiger partial charge in [-0.2, -0.15) is 4.98 Å². The van der Waals surface area contributed by atoms with E-state index in [9.17, 15) is 0 Å². The molecule has 3 rings (SSSR count). The third-order valence-corrected chi connectivity index (χ3v) is 4.35. The number of rotatable bonds is 8. The number of anilines is 3. The first-order valence-corrected chi connectivity index (χ1v) is 9.18. The molecule has 0 bridgehead atoms. The lowest BCUT2D eigenvalue weighted by Gasteiger charge is -2.15. The number of nitrogens with zero attached hydrogens (tertiary/aromatic N) is 3. The second-order valence-corrected chi connectivity index (χ2v) is 6.35. The van der Waals surface area contributed by atoms with E-state index in [1.165, 1.54) is 0 Å². The Morgan fingerprint density at radius 3 is 2.39 bits per heavy atom. The molecule has 28 heavy (non-hydrogen) atoms. The minimum absolute atomic E-state index is 0.265. The van der Waals surface area contributed by atoms with Crippen LogP contribution in [0.5, 0.6) is 11.5 Å². The molecule has 0 aliphatic heterocycles. The maximum absolute atomic E-state index is 5.38. The lowest BCUT2D eigenvalue weighted by molar-refractivity contribution is 0.355. The van der Waals surface area contributed by atoms with Gasteiger partial charge in [-0.15, -0.1) is 0 Å². The van der Waals surface area contributed by atoms with E-state index in [-0.39, 0.29) is 6.04 Å². The predicted molar refractivity (Wildman–Crippen MR) is 111 cm³/mol. The second kappa shape index (κ2) is 9.03. The lowest BCUT2D eigenvalue weighted by Crippen LogP contribution is -2.16. The molecule has 0 radical (unpaired) electrons. The first-order valence-electron chi connectivity index (χ1n) is 9.18. The van der Waals surface area contributed by atoms with Crippen molar-refractivity contribution in [3.05, 3.63) is 48.8 Å². The van der Waals surface area contributed by atoms with Gasteiger partial charge in [0.2, 0.25) is 5.95 Å². The Hall–Kier alpha value is -3.35. The molecular weight excluding hydrogens is 354 g/mol. The average molecular weight is 379 g/mol. The Bertz CT molecular complexity index is 918. The first kappa shape index (κ1) is 19.4. The smallest absolute Gasteiger partial charge is 0.225 e. The zero-order chi connectivity index (χ0) is 19.9. The van der Waals surface area contributed by atoms with E-state index in [1.807, 2.05) is 36.4 Å². The molecule has 3 aromatic rings. The quantitative estimate of drug-likeness (QED) is 0.596. The summed E-state index contributed by atoms with van der Waals surface area (Å²) in [7, 11) is 3.23. The Balaban J connectivity index is 1.96. The van der Waals surface area contributed by atoms with Gasteiger partial charge in [-0.3, -0.25) is 4.98 Å². The van der Waals surface area contributed by atoms with Gasteiger partial charge < -0.3 is 20.1 Å². The van der Waals surface area contributed by atoms with Crippen LogP contribution in [0.2, 0.25) is 0 Å². The number of ether oxygens (including phenoxy) is 2. The summed E-state index contributed by atoms with van der Waals surface area (Å²) in [4.78, 5) is 13.4. The summed E-state index contributed by atoms with van der Waals surface area (Å²) in [6.07, 6.45) is 4.47. The molecule has 2 heterocycles. The minimum atomic E-state index is 0.265. The van der Waals surface area contributed by atoms with Crippen molar-refractivity contribution in [1.29, 1.82) is 0 Å². The van der Waals surface area contributed by atoms with Crippen molar-refractivity contribution >= 4 is 17.5 Å². The minimum Gasteiger partial charge on any atom is -0.493 e. The molecule has 0 saturated heterocycles. The zero-order valence-corrected chi connectivity index (χ0v) is 16.6. The monoisotopic (exact) mass is 379 g/mol. The molecule has 2 aromatic heterocycles. The third-order valence-electron chi connectivity index (χ3n) is 4.35. The number of hydrogen-bond acceptors (Lipinski definition) is 7. The molecule has 0 amide bonds. The molecule has 0 saturated carbocycles. The molecular formula is C21H25N5O2. The highest BCUT2D eigenvalue weighted by Gasteiger charge is 2.10. The van der Waals surface area contributed by atoms with Crippen molar-refractivity contribution in [2.75, 3.05) is 24.9 Å². The van der Waals surface area contributed by atoms with Gasteiger partial charge >= 0.3 is 0 Å². The van der Waals surface area contributed by atoms with Gasteiger partial charge in [0.25, 0.3) is 0 Å². The van der Waals surface area contributed by atoms with E-state index in [0.29, 0.717) is 23.3 Å². The number of aromatic nitrogens is 3. The van der Waals surface area contributed by atoms with Crippen LogP contribution in [0.3, 0.4) is 0 Å². The Kier molecular flexibility index (Phi) is 6.26. The second-order valence-electron chi connectivity index (χ2n) is 6.35. The van der Waals surface area contributed by atoms with Crippen LogP contribution in [0.4, 0.5) is 17.5 Å². The van der Waals surface area contributed by atoms with Crippen LogP contribution >= 0.6 is 0 Å². The van der Waals surface area contributed by atoms with Gasteiger partial charge in [0.05, 0.1) is 19.9 Å². The lowest BCUT2D eigenvalue weighted by atomic mass is 10.2. The summed E-state index contributed by atoms with van der Waals surface area (Å²) in [5, 5.41) is 6.68. The summed E-state index contributed by atoms with van der Waals surface area (Å²) < 4.78 is 10.7. The fourth-order valence-electron chi connectivity index (χ4n) is 2.63. The van der Waals surface area contributed by atoms with Crippen LogP contribution in [-0.2, 0) is 0 Å². The normalized spacial score (nSPS) is 11.6. The standard InChI is InChI=1S/C21H25N5O2/c1-5-14(2)23-21-25-17(15-8-10-22-11-9-15)13-20(26-21)24-16-6-7-18(27-3)19(12-16)28-4/h6-14H,5H2,1-4H3,(H2,23,24,25,26)/t14-/m1/s1. The van der Waals surface area contributed by atoms with E-state index >= 15 is 0 Å². The third kappa shape index (κ3) is 4.68. The fourth-order valence-corrected chi connectivity index (χ4v) is 2.63. The maximum atomic E-state index is 5.38. The van der Waals surface area contributed by atoms with Crippen molar-refractivity contribution in [2.24, 2.45) is 0 Å². The van der Waals surface area contributed by atoms with Crippen molar-refractivity contribution in [2.45, 2.75) is 26.3 Å². The Labute approximate surface area is 165 Å². The molecule has 146 valence electrons. The van der Waals surface area contributed by atoms with Gasteiger partial charge in [-0.25, -0.2) is 4.98 Å². The van der Waals surface area contributed by atoms with Crippen LogP contribution in [0.1, 0.15) is 20.3 Å².